The molecule has 1 aromatic heterocycles. The lowest BCUT2D eigenvalue weighted by Gasteiger charge is -2.05. The number of carbonyl (C=O) groups excluding carboxylic acids is 1. The fourth-order valence-corrected chi connectivity index (χ4v) is 3.31. The van der Waals surface area contributed by atoms with E-state index in [1.165, 1.54) is 11.3 Å². The number of hydrogen-bond donors (Lipinski definition) is 0. The van der Waals surface area contributed by atoms with E-state index in [2.05, 4.69) is 4.99 Å². The molecule has 0 aliphatic rings. The molecule has 0 radical (unpaired) electrons. The van der Waals surface area contributed by atoms with Crippen molar-refractivity contribution in [3.63, 3.8) is 0 Å². The van der Waals surface area contributed by atoms with Crippen molar-refractivity contribution in [3.05, 3.63) is 39.6 Å². The van der Waals surface area contributed by atoms with Gasteiger partial charge in [0.05, 0.1) is 23.8 Å². The summed E-state index contributed by atoms with van der Waals surface area (Å²) in [7, 11) is 1.66. The molecule has 0 amide bonds. The van der Waals surface area contributed by atoms with Gasteiger partial charge in [0.2, 0.25) is 0 Å². The van der Waals surface area contributed by atoms with Crippen LogP contribution in [-0.2, 0) is 11.3 Å². The van der Waals surface area contributed by atoms with Crippen LogP contribution in [0.2, 0.25) is 0 Å². The molecule has 0 aliphatic heterocycles. The minimum absolute atomic E-state index is 0.0619. The summed E-state index contributed by atoms with van der Waals surface area (Å²) >= 11 is 1.41. The lowest BCUT2D eigenvalue weighted by molar-refractivity contribution is 0.102. The van der Waals surface area contributed by atoms with Gasteiger partial charge in [0.25, 0.3) is 0 Å². The van der Waals surface area contributed by atoms with Gasteiger partial charge in [-0.15, -0.1) is 0 Å². The van der Waals surface area contributed by atoms with E-state index in [0.29, 0.717) is 19.8 Å². The number of benzene rings is 1. The van der Waals surface area contributed by atoms with E-state index < -0.39 is 0 Å². The lowest BCUT2D eigenvalue weighted by atomic mass is 10.3. The van der Waals surface area contributed by atoms with Gasteiger partial charge in [0.15, 0.2) is 10.6 Å². The molecule has 0 unspecified atom stereocenters. The Hall–Kier alpha value is -1.92. The van der Waals surface area contributed by atoms with E-state index in [1.54, 1.807) is 14.0 Å². The van der Waals surface area contributed by atoms with Crippen LogP contribution < -0.4 is 9.54 Å². The van der Waals surface area contributed by atoms with Crippen molar-refractivity contribution >= 4 is 22.8 Å². The molecule has 5 nitrogen and oxygen atoms in total. The predicted octanol–water partition coefficient (Wildman–Crippen LogP) is 3.34. The number of rotatable bonds is 7. The van der Waals surface area contributed by atoms with Crippen LogP contribution in [0.1, 0.15) is 29.2 Å². The first-order valence-corrected chi connectivity index (χ1v) is 8.36. The van der Waals surface area contributed by atoms with Gasteiger partial charge in [0.1, 0.15) is 5.75 Å². The van der Waals surface area contributed by atoms with Crippen LogP contribution in [0.5, 0.6) is 5.75 Å². The molecular weight excluding hydrogens is 312 g/mol. The molecule has 2 rings (SSSR count). The standard InChI is InChI=1S/C17H22N2O3S/c1-5-22-15-8-6-14(7-9-15)18-17-19(10-11-21-4)12(2)16(23-17)13(3)20/h6-9H,5,10-11H2,1-4H3/b18-17+. The van der Waals surface area contributed by atoms with Gasteiger partial charge in [0, 0.05) is 26.3 Å². The highest BCUT2D eigenvalue weighted by molar-refractivity contribution is 7.11. The SMILES string of the molecule is CCOc1ccc(/N=c2/sc(C(C)=O)c(C)n2CCOC)cc1. The third kappa shape index (κ3) is 4.30. The Morgan fingerprint density at radius 1 is 1.30 bits per heavy atom. The lowest BCUT2D eigenvalue weighted by Crippen LogP contribution is -2.18. The molecule has 0 atom stereocenters. The van der Waals surface area contributed by atoms with Crippen molar-refractivity contribution in [2.45, 2.75) is 27.3 Å². The molecule has 0 saturated heterocycles. The van der Waals surface area contributed by atoms with Crippen molar-refractivity contribution in [1.29, 1.82) is 0 Å². The fourth-order valence-electron chi connectivity index (χ4n) is 2.24. The van der Waals surface area contributed by atoms with Crippen molar-refractivity contribution in [2.24, 2.45) is 4.99 Å². The van der Waals surface area contributed by atoms with E-state index in [1.807, 2.05) is 42.7 Å². The smallest absolute Gasteiger partial charge is 0.190 e. The van der Waals surface area contributed by atoms with Gasteiger partial charge in [-0.25, -0.2) is 4.99 Å². The number of nitrogens with zero attached hydrogens (tertiary/aromatic N) is 2. The van der Waals surface area contributed by atoms with Crippen LogP contribution in [0.15, 0.2) is 29.3 Å². The molecule has 1 aromatic carbocycles. The molecule has 0 fully saturated rings. The second kappa shape index (κ2) is 8.08. The Morgan fingerprint density at radius 2 is 2.00 bits per heavy atom. The van der Waals surface area contributed by atoms with Crippen molar-refractivity contribution in [2.75, 3.05) is 20.3 Å². The third-order valence-corrected chi connectivity index (χ3v) is 4.65. The average molecular weight is 334 g/mol. The van der Waals surface area contributed by atoms with Gasteiger partial charge in [-0.1, -0.05) is 11.3 Å². The first-order valence-electron chi connectivity index (χ1n) is 7.54. The number of Topliss-reactive ketones (excluding diaryl/α,β-unsaturated/α-hetero) is 1. The third-order valence-electron chi connectivity index (χ3n) is 3.37. The molecule has 6 heteroatoms. The summed E-state index contributed by atoms with van der Waals surface area (Å²) in [5.74, 6) is 0.886. The Kier molecular flexibility index (Phi) is 6.12. The van der Waals surface area contributed by atoms with Gasteiger partial charge in [-0.05, 0) is 38.1 Å². The van der Waals surface area contributed by atoms with Gasteiger partial charge >= 0.3 is 0 Å². The van der Waals surface area contributed by atoms with Crippen LogP contribution in [0.4, 0.5) is 5.69 Å². The first kappa shape index (κ1) is 17.4. The molecule has 0 spiro atoms. The molecular formula is C17H22N2O3S. The topological polar surface area (TPSA) is 52.8 Å². The summed E-state index contributed by atoms with van der Waals surface area (Å²) in [5, 5.41) is 0. The maximum atomic E-state index is 11.8. The monoisotopic (exact) mass is 334 g/mol. The highest BCUT2D eigenvalue weighted by Crippen LogP contribution is 2.19. The normalized spacial score (nSPS) is 11.7. The number of carbonyl (C=O) groups is 1. The van der Waals surface area contributed by atoms with Crippen molar-refractivity contribution < 1.29 is 14.3 Å². The van der Waals surface area contributed by atoms with E-state index in [4.69, 9.17) is 9.47 Å². The highest BCUT2D eigenvalue weighted by Gasteiger charge is 2.13. The van der Waals surface area contributed by atoms with Crippen molar-refractivity contribution in [1.82, 2.24) is 4.57 Å². The minimum atomic E-state index is 0.0619. The Labute approximate surface area is 140 Å². The predicted molar refractivity (Wildman–Crippen MR) is 91.8 cm³/mol. The zero-order valence-corrected chi connectivity index (χ0v) is 14.8. The summed E-state index contributed by atoms with van der Waals surface area (Å²) in [6, 6.07) is 7.62. The zero-order valence-electron chi connectivity index (χ0n) is 14.0. The van der Waals surface area contributed by atoms with E-state index in [-0.39, 0.29) is 5.78 Å². The molecule has 2 aromatic rings. The van der Waals surface area contributed by atoms with Crippen molar-refractivity contribution in [3.8, 4) is 5.75 Å². The number of ketones is 1. The number of aromatic nitrogens is 1. The molecule has 1 heterocycles. The van der Waals surface area contributed by atoms with Gasteiger partial charge in [-0.3, -0.25) is 4.79 Å². The molecule has 0 N–H and O–H groups in total. The number of ether oxygens (including phenoxy) is 2. The second-order valence-electron chi connectivity index (χ2n) is 5.04. The van der Waals surface area contributed by atoms with Gasteiger partial charge < -0.3 is 14.0 Å². The summed E-state index contributed by atoms with van der Waals surface area (Å²) in [5.41, 5.74) is 1.76. The average Bonchev–Trinajstić information content (AvgIpc) is 2.84. The maximum Gasteiger partial charge on any atom is 0.190 e. The Morgan fingerprint density at radius 3 is 2.57 bits per heavy atom. The molecule has 23 heavy (non-hydrogen) atoms. The largest absolute Gasteiger partial charge is 0.494 e. The zero-order chi connectivity index (χ0) is 16.8. The van der Waals surface area contributed by atoms with Crippen LogP contribution in [0.25, 0.3) is 0 Å². The Balaban J connectivity index is 2.43. The second-order valence-corrected chi connectivity index (χ2v) is 6.02. The van der Waals surface area contributed by atoms with Crippen LogP contribution in [0.3, 0.4) is 0 Å². The van der Waals surface area contributed by atoms with E-state index >= 15 is 0 Å². The van der Waals surface area contributed by atoms with Gasteiger partial charge in [-0.2, -0.15) is 0 Å². The van der Waals surface area contributed by atoms with E-state index in [9.17, 15) is 4.79 Å². The van der Waals surface area contributed by atoms with Crippen LogP contribution in [0, 0.1) is 6.92 Å². The van der Waals surface area contributed by atoms with Crippen LogP contribution >= 0.6 is 11.3 Å². The van der Waals surface area contributed by atoms with Crippen LogP contribution in [-0.4, -0.2) is 30.7 Å². The number of hydrogen-bond acceptors (Lipinski definition) is 5. The molecule has 124 valence electrons. The molecule has 0 saturated carbocycles. The fraction of sp³-hybridized carbons (Fsp3) is 0.412. The molecule has 0 bridgehead atoms. The Bertz CT molecular complexity index is 729. The summed E-state index contributed by atoms with van der Waals surface area (Å²) in [4.78, 5) is 18.0. The summed E-state index contributed by atoms with van der Waals surface area (Å²) < 4.78 is 12.6. The first-order chi connectivity index (χ1) is 11.1. The van der Waals surface area contributed by atoms with E-state index in [0.717, 1.165) is 26.8 Å². The summed E-state index contributed by atoms with van der Waals surface area (Å²) in [6.07, 6.45) is 0. The quantitative estimate of drug-likeness (QED) is 0.730. The highest BCUT2D eigenvalue weighted by atomic mass is 32.1. The maximum absolute atomic E-state index is 11.8. The number of thiazole rings is 1. The molecule has 0 aliphatic carbocycles. The summed E-state index contributed by atoms with van der Waals surface area (Å²) in [6.45, 7) is 7.36. The minimum Gasteiger partial charge on any atom is -0.494 e. The number of methoxy groups -OCH3 is 1.